The second-order valence-corrected chi connectivity index (χ2v) is 7.02. The Morgan fingerprint density at radius 1 is 1.44 bits per heavy atom. The zero-order chi connectivity index (χ0) is 11.3. The zero-order valence-corrected chi connectivity index (χ0v) is 11.4. The number of hydrogen-bond donors (Lipinski definition) is 1. The van der Waals surface area contributed by atoms with Gasteiger partial charge in [0.05, 0.1) is 5.00 Å². The van der Waals surface area contributed by atoms with Crippen LogP contribution < -0.4 is 5.73 Å². The van der Waals surface area contributed by atoms with Gasteiger partial charge in [-0.25, -0.2) is 4.98 Å². The number of nitrogens with zero attached hydrogens (tertiary/aromatic N) is 1. The molecule has 2 nitrogen and oxygen atoms in total. The van der Waals surface area contributed by atoms with Crippen LogP contribution in [0.1, 0.15) is 36.1 Å². The van der Waals surface area contributed by atoms with Crippen LogP contribution in [0.5, 0.6) is 0 Å². The minimum Gasteiger partial charge on any atom is -0.390 e. The molecule has 0 radical (unpaired) electrons. The first kappa shape index (κ1) is 10.6. The van der Waals surface area contributed by atoms with Crippen molar-refractivity contribution in [1.82, 2.24) is 4.98 Å². The SMILES string of the molecule is CC1CCCc2sc3nc(=S)sc(N)c3c21. The van der Waals surface area contributed by atoms with Gasteiger partial charge < -0.3 is 5.73 Å². The smallest absolute Gasteiger partial charge is 0.183 e. The van der Waals surface area contributed by atoms with Gasteiger partial charge in [0, 0.05) is 10.3 Å². The van der Waals surface area contributed by atoms with Gasteiger partial charge >= 0.3 is 0 Å². The molecular weight excluding hydrogens is 256 g/mol. The molecule has 0 amide bonds. The molecule has 16 heavy (non-hydrogen) atoms. The number of fused-ring (bicyclic) bond motifs is 3. The second-order valence-electron chi connectivity index (χ2n) is 4.26. The molecule has 1 aliphatic rings. The summed E-state index contributed by atoms with van der Waals surface area (Å²) in [4.78, 5) is 6.96. The van der Waals surface area contributed by atoms with Gasteiger partial charge in [0.15, 0.2) is 3.95 Å². The third kappa shape index (κ3) is 1.49. The van der Waals surface area contributed by atoms with Crippen molar-refractivity contribution in [3.05, 3.63) is 14.4 Å². The predicted molar refractivity (Wildman–Crippen MR) is 74.1 cm³/mol. The summed E-state index contributed by atoms with van der Waals surface area (Å²) in [5, 5.41) is 2.03. The summed E-state index contributed by atoms with van der Waals surface area (Å²) >= 11 is 8.34. The lowest BCUT2D eigenvalue weighted by molar-refractivity contribution is 0.602. The Morgan fingerprint density at radius 2 is 2.25 bits per heavy atom. The quantitative estimate of drug-likeness (QED) is 0.731. The molecule has 2 aromatic heterocycles. The van der Waals surface area contributed by atoms with Gasteiger partial charge in [-0.1, -0.05) is 18.3 Å². The Morgan fingerprint density at radius 3 is 3.06 bits per heavy atom. The fourth-order valence-electron chi connectivity index (χ4n) is 2.47. The molecule has 2 aromatic rings. The van der Waals surface area contributed by atoms with Gasteiger partial charge in [0.2, 0.25) is 0 Å². The Labute approximate surface area is 107 Å². The van der Waals surface area contributed by atoms with E-state index in [0.29, 0.717) is 9.87 Å². The van der Waals surface area contributed by atoms with Crippen LogP contribution in [0.25, 0.3) is 10.2 Å². The molecule has 2 N–H and O–H groups in total. The van der Waals surface area contributed by atoms with Gasteiger partial charge in [-0.3, -0.25) is 0 Å². The van der Waals surface area contributed by atoms with E-state index in [0.717, 1.165) is 9.83 Å². The molecule has 0 aliphatic heterocycles. The molecule has 84 valence electrons. The molecule has 0 spiro atoms. The number of hydrogen-bond acceptors (Lipinski definition) is 5. The molecule has 0 fully saturated rings. The molecule has 0 bridgehead atoms. The van der Waals surface area contributed by atoms with Crippen LogP contribution in [0.3, 0.4) is 0 Å². The lowest BCUT2D eigenvalue weighted by atomic mass is 9.88. The monoisotopic (exact) mass is 268 g/mol. The van der Waals surface area contributed by atoms with Crippen molar-refractivity contribution in [1.29, 1.82) is 0 Å². The highest BCUT2D eigenvalue weighted by atomic mass is 32.1. The number of aryl methyl sites for hydroxylation is 1. The van der Waals surface area contributed by atoms with Crippen LogP contribution in [0.15, 0.2) is 0 Å². The first-order chi connectivity index (χ1) is 7.66. The lowest BCUT2D eigenvalue weighted by Gasteiger charge is -2.18. The van der Waals surface area contributed by atoms with Crippen molar-refractivity contribution < 1.29 is 0 Å². The van der Waals surface area contributed by atoms with E-state index in [1.165, 1.54) is 46.4 Å². The van der Waals surface area contributed by atoms with Gasteiger partial charge in [-0.05, 0) is 43.0 Å². The number of thiophene rings is 1. The summed E-state index contributed by atoms with van der Waals surface area (Å²) in [6.07, 6.45) is 3.72. The maximum Gasteiger partial charge on any atom is 0.183 e. The maximum atomic E-state index is 6.11. The highest BCUT2D eigenvalue weighted by molar-refractivity contribution is 7.73. The molecule has 3 rings (SSSR count). The number of nitrogens with two attached hydrogens (primary N) is 1. The number of rotatable bonds is 0. The third-order valence-electron chi connectivity index (χ3n) is 3.17. The second kappa shape index (κ2) is 3.75. The van der Waals surface area contributed by atoms with Gasteiger partial charge in [0.1, 0.15) is 4.83 Å². The summed E-state index contributed by atoms with van der Waals surface area (Å²) in [5.41, 5.74) is 7.55. The van der Waals surface area contributed by atoms with E-state index in [1.54, 1.807) is 11.3 Å². The molecule has 1 aliphatic carbocycles. The summed E-state index contributed by atoms with van der Waals surface area (Å²) in [6.45, 7) is 2.29. The fraction of sp³-hybridized carbons (Fsp3) is 0.455. The van der Waals surface area contributed by atoms with E-state index < -0.39 is 0 Å². The van der Waals surface area contributed by atoms with E-state index in [9.17, 15) is 0 Å². The van der Waals surface area contributed by atoms with Crippen molar-refractivity contribution in [2.45, 2.75) is 32.1 Å². The average Bonchev–Trinajstić information content (AvgIpc) is 2.56. The summed E-state index contributed by atoms with van der Waals surface area (Å²) in [6, 6.07) is 0. The Bertz CT molecular complexity index is 611. The maximum absolute atomic E-state index is 6.11. The lowest BCUT2D eigenvalue weighted by Crippen LogP contribution is -2.04. The zero-order valence-electron chi connectivity index (χ0n) is 8.95. The molecular formula is C11H12N2S3. The first-order valence-electron chi connectivity index (χ1n) is 5.38. The van der Waals surface area contributed by atoms with Gasteiger partial charge in [-0.15, -0.1) is 11.3 Å². The summed E-state index contributed by atoms with van der Waals surface area (Å²) in [5.74, 6) is 0.616. The van der Waals surface area contributed by atoms with E-state index in [-0.39, 0.29) is 0 Å². The van der Waals surface area contributed by atoms with Crippen molar-refractivity contribution in [2.75, 3.05) is 5.73 Å². The number of anilines is 1. The van der Waals surface area contributed by atoms with Crippen molar-refractivity contribution in [3.63, 3.8) is 0 Å². The standard InChI is InChI=1S/C11H12N2S3/c1-5-3-2-4-6-7(5)8-9(12)16-11(14)13-10(8)15-6/h5H,2-4,12H2,1H3. The Kier molecular flexibility index (Phi) is 2.49. The van der Waals surface area contributed by atoms with E-state index >= 15 is 0 Å². The van der Waals surface area contributed by atoms with Crippen LogP contribution in [0.4, 0.5) is 5.00 Å². The minimum atomic E-state index is 0.616. The molecule has 1 unspecified atom stereocenters. The van der Waals surface area contributed by atoms with Crippen LogP contribution in [0, 0.1) is 3.95 Å². The molecule has 0 aromatic carbocycles. The highest BCUT2D eigenvalue weighted by Gasteiger charge is 2.23. The molecule has 0 saturated heterocycles. The van der Waals surface area contributed by atoms with Crippen molar-refractivity contribution in [2.24, 2.45) is 0 Å². The molecule has 2 heterocycles. The third-order valence-corrected chi connectivity index (χ3v) is 5.36. The summed E-state index contributed by atoms with van der Waals surface area (Å²) in [7, 11) is 0. The Hall–Kier alpha value is -0.520. The van der Waals surface area contributed by atoms with Crippen LogP contribution in [-0.4, -0.2) is 4.98 Å². The topological polar surface area (TPSA) is 38.9 Å². The van der Waals surface area contributed by atoms with E-state index in [2.05, 4.69) is 11.9 Å². The van der Waals surface area contributed by atoms with Crippen LogP contribution >= 0.6 is 34.9 Å². The fourth-order valence-corrected chi connectivity index (χ4v) is 4.99. The minimum absolute atomic E-state index is 0.616. The normalized spacial score (nSPS) is 19.9. The number of aromatic nitrogens is 1. The Balaban J connectivity index is 2.42. The molecule has 1 atom stereocenters. The highest BCUT2D eigenvalue weighted by Crippen LogP contribution is 2.44. The van der Waals surface area contributed by atoms with Crippen LogP contribution in [-0.2, 0) is 6.42 Å². The first-order valence-corrected chi connectivity index (χ1v) is 7.43. The van der Waals surface area contributed by atoms with E-state index in [4.69, 9.17) is 18.0 Å². The van der Waals surface area contributed by atoms with Gasteiger partial charge in [-0.2, -0.15) is 0 Å². The van der Waals surface area contributed by atoms with E-state index in [1.807, 2.05) is 0 Å². The van der Waals surface area contributed by atoms with Crippen molar-refractivity contribution in [3.8, 4) is 0 Å². The van der Waals surface area contributed by atoms with Gasteiger partial charge in [0.25, 0.3) is 0 Å². The van der Waals surface area contributed by atoms with Crippen molar-refractivity contribution >= 4 is 50.1 Å². The number of nitrogen functional groups attached to an aromatic ring is 1. The summed E-state index contributed by atoms with van der Waals surface area (Å²) < 4.78 is 0.649. The average molecular weight is 268 g/mol. The molecule has 0 saturated carbocycles. The molecule has 5 heteroatoms. The van der Waals surface area contributed by atoms with Crippen LogP contribution in [0.2, 0.25) is 0 Å². The largest absolute Gasteiger partial charge is 0.390 e. The predicted octanol–water partition coefficient (Wildman–Crippen LogP) is 4.11.